The molecule has 5 heteroatoms. The molecule has 0 amide bonds. The van der Waals surface area contributed by atoms with Crippen molar-refractivity contribution in [2.24, 2.45) is 0 Å². The summed E-state index contributed by atoms with van der Waals surface area (Å²) in [5, 5.41) is 1.30. The molecule has 96 valence electrons. The highest BCUT2D eigenvalue weighted by Gasteiger charge is 2.08. The minimum Gasteiger partial charge on any atom is -0.431 e. The number of benzene rings is 2. The summed E-state index contributed by atoms with van der Waals surface area (Å²) in [6.45, 7) is 1.95. The summed E-state index contributed by atoms with van der Waals surface area (Å²) in [6.07, 6.45) is 0. The molecule has 0 fully saturated rings. The van der Waals surface area contributed by atoms with Gasteiger partial charge in [-0.25, -0.2) is 4.98 Å². The van der Waals surface area contributed by atoms with Crippen molar-refractivity contribution >= 4 is 38.8 Å². The van der Waals surface area contributed by atoms with Crippen LogP contribution in [0.4, 0.5) is 5.69 Å². The lowest BCUT2D eigenvalue weighted by Crippen LogP contribution is -1.86. The number of rotatable bonds is 2. The number of aryl methyl sites for hydroxylation is 1. The second-order valence-electron chi connectivity index (χ2n) is 4.22. The van der Waals surface area contributed by atoms with Gasteiger partial charge in [0.15, 0.2) is 0 Å². The van der Waals surface area contributed by atoms with Gasteiger partial charge in [0, 0.05) is 10.7 Å². The number of anilines is 1. The topological polar surface area (TPSA) is 48.1 Å². The van der Waals surface area contributed by atoms with E-state index in [4.69, 9.17) is 22.1 Å². The fourth-order valence-electron chi connectivity index (χ4n) is 1.79. The van der Waals surface area contributed by atoms with Gasteiger partial charge in [-0.2, -0.15) is 0 Å². The second-order valence-corrected chi connectivity index (χ2v) is 5.65. The van der Waals surface area contributed by atoms with Gasteiger partial charge < -0.3 is 10.5 Å². The number of hydrogen-bond acceptors (Lipinski definition) is 4. The first-order valence-electron chi connectivity index (χ1n) is 5.72. The van der Waals surface area contributed by atoms with Crippen molar-refractivity contribution in [1.82, 2.24) is 4.98 Å². The van der Waals surface area contributed by atoms with Crippen molar-refractivity contribution < 1.29 is 4.74 Å². The molecule has 3 nitrogen and oxygen atoms in total. The van der Waals surface area contributed by atoms with E-state index in [1.807, 2.05) is 37.3 Å². The summed E-state index contributed by atoms with van der Waals surface area (Å²) in [6, 6.07) is 11.1. The average molecular weight is 291 g/mol. The maximum atomic E-state index is 5.92. The van der Waals surface area contributed by atoms with Crippen LogP contribution < -0.4 is 10.5 Å². The number of aromatic nitrogens is 1. The Bertz CT molecular complexity index is 754. The number of nitrogens with two attached hydrogens (primary N) is 1. The first-order chi connectivity index (χ1) is 9.11. The highest BCUT2D eigenvalue weighted by molar-refractivity contribution is 7.20. The highest BCUT2D eigenvalue weighted by Crippen LogP contribution is 2.34. The number of ether oxygens (including phenoxy) is 1. The standard InChI is InChI=1S/C14H11ClN2OS/c1-8-6-9(15)2-5-12(8)18-14-17-11-4-3-10(16)7-13(11)19-14/h2-7H,16H2,1H3. The molecule has 0 aliphatic heterocycles. The lowest BCUT2D eigenvalue weighted by Gasteiger charge is -2.05. The zero-order chi connectivity index (χ0) is 13.4. The van der Waals surface area contributed by atoms with Crippen LogP contribution in [0.1, 0.15) is 5.56 Å². The van der Waals surface area contributed by atoms with E-state index in [0.29, 0.717) is 10.2 Å². The summed E-state index contributed by atoms with van der Waals surface area (Å²) in [7, 11) is 0. The Morgan fingerprint density at radius 1 is 1.21 bits per heavy atom. The van der Waals surface area contributed by atoms with E-state index in [1.165, 1.54) is 11.3 Å². The summed E-state index contributed by atoms with van der Waals surface area (Å²) in [5.41, 5.74) is 8.34. The van der Waals surface area contributed by atoms with Crippen molar-refractivity contribution in [3.05, 3.63) is 47.0 Å². The van der Waals surface area contributed by atoms with Crippen molar-refractivity contribution in [3.63, 3.8) is 0 Å². The predicted octanol–water partition coefficient (Wildman–Crippen LogP) is 4.63. The van der Waals surface area contributed by atoms with Crippen LogP contribution in [0.5, 0.6) is 10.9 Å². The van der Waals surface area contributed by atoms with Crippen LogP contribution >= 0.6 is 22.9 Å². The van der Waals surface area contributed by atoms with Gasteiger partial charge in [0.25, 0.3) is 5.19 Å². The molecular weight excluding hydrogens is 280 g/mol. The summed E-state index contributed by atoms with van der Waals surface area (Å²) >= 11 is 7.39. The third kappa shape index (κ3) is 2.50. The normalized spacial score (nSPS) is 10.8. The molecule has 1 aromatic heterocycles. The van der Waals surface area contributed by atoms with Crippen molar-refractivity contribution in [3.8, 4) is 10.9 Å². The Labute approximate surface area is 119 Å². The van der Waals surface area contributed by atoms with Crippen molar-refractivity contribution in [2.75, 3.05) is 5.73 Å². The minimum absolute atomic E-state index is 0.603. The van der Waals surface area contributed by atoms with Crippen LogP contribution in [-0.2, 0) is 0 Å². The van der Waals surface area contributed by atoms with E-state index in [-0.39, 0.29) is 0 Å². The van der Waals surface area contributed by atoms with Crippen LogP contribution in [0.15, 0.2) is 36.4 Å². The first-order valence-corrected chi connectivity index (χ1v) is 6.91. The monoisotopic (exact) mass is 290 g/mol. The van der Waals surface area contributed by atoms with E-state index in [2.05, 4.69) is 4.98 Å². The van der Waals surface area contributed by atoms with E-state index >= 15 is 0 Å². The number of hydrogen-bond donors (Lipinski definition) is 1. The van der Waals surface area contributed by atoms with Crippen LogP contribution in [-0.4, -0.2) is 4.98 Å². The quantitative estimate of drug-likeness (QED) is 0.700. The van der Waals surface area contributed by atoms with Crippen molar-refractivity contribution in [1.29, 1.82) is 0 Å². The minimum atomic E-state index is 0.603. The number of fused-ring (bicyclic) bond motifs is 1. The number of halogens is 1. The molecule has 1 heterocycles. The Kier molecular flexibility index (Phi) is 3.05. The molecule has 2 N–H and O–H groups in total. The molecule has 0 saturated heterocycles. The molecule has 0 radical (unpaired) electrons. The highest BCUT2D eigenvalue weighted by atomic mass is 35.5. The van der Waals surface area contributed by atoms with Gasteiger partial charge in [0.2, 0.25) is 0 Å². The average Bonchev–Trinajstić information content (AvgIpc) is 2.74. The SMILES string of the molecule is Cc1cc(Cl)ccc1Oc1nc2ccc(N)cc2s1. The summed E-state index contributed by atoms with van der Waals surface area (Å²) in [5.74, 6) is 0.761. The molecule has 0 aliphatic carbocycles. The summed E-state index contributed by atoms with van der Waals surface area (Å²) in [4.78, 5) is 4.42. The molecule has 19 heavy (non-hydrogen) atoms. The number of nitrogens with zero attached hydrogens (tertiary/aromatic N) is 1. The maximum absolute atomic E-state index is 5.92. The lowest BCUT2D eigenvalue weighted by atomic mass is 10.2. The number of nitrogen functional groups attached to an aromatic ring is 1. The Morgan fingerprint density at radius 3 is 2.84 bits per heavy atom. The molecule has 3 aromatic rings. The van der Waals surface area contributed by atoms with Gasteiger partial charge >= 0.3 is 0 Å². The Balaban J connectivity index is 1.96. The Hall–Kier alpha value is -1.78. The molecule has 0 unspecified atom stereocenters. The third-order valence-electron chi connectivity index (χ3n) is 2.73. The smallest absolute Gasteiger partial charge is 0.279 e. The van der Waals surface area contributed by atoms with Crippen LogP contribution in [0, 0.1) is 6.92 Å². The van der Waals surface area contributed by atoms with Gasteiger partial charge in [0.1, 0.15) is 5.75 Å². The number of thiazole rings is 1. The molecule has 0 spiro atoms. The van der Waals surface area contributed by atoms with Gasteiger partial charge in [-0.15, -0.1) is 0 Å². The lowest BCUT2D eigenvalue weighted by molar-refractivity contribution is 0.476. The zero-order valence-corrected chi connectivity index (χ0v) is 11.8. The molecule has 0 atom stereocenters. The molecule has 0 bridgehead atoms. The fraction of sp³-hybridized carbons (Fsp3) is 0.0714. The maximum Gasteiger partial charge on any atom is 0.279 e. The first kappa shape index (κ1) is 12.3. The van der Waals surface area contributed by atoms with E-state index in [9.17, 15) is 0 Å². The molecular formula is C14H11ClN2OS. The molecule has 3 rings (SSSR count). The van der Waals surface area contributed by atoms with Gasteiger partial charge in [-0.1, -0.05) is 22.9 Å². The van der Waals surface area contributed by atoms with Crippen molar-refractivity contribution in [2.45, 2.75) is 6.92 Å². The fourth-order valence-corrected chi connectivity index (χ4v) is 2.89. The largest absolute Gasteiger partial charge is 0.431 e. The van der Waals surface area contributed by atoms with Gasteiger partial charge in [0.05, 0.1) is 10.2 Å². The second kappa shape index (κ2) is 4.72. The third-order valence-corrected chi connectivity index (χ3v) is 3.86. The van der Waals surface area contributed by atoms with Gasteiger partial charge in [-0.05, 0) is 48.9 Å². The Morgan fingerprint density at radius 2 is 2.05 bits per heavy atom. The summed E-state index contributed by atoms with van der Waals surface area (Å²) < 4.78 is 6.81. The molecule has 0 saturated carbocycles. The molecule has 0 aliphatic rings. The van der Waals surface area contributed by atoms with E-state index in [0.717, 1.165) is 27.2 Å². The van der Waals surface area contributed by atoms with Gasteiger partial charge in [-0.3, -0.25) is 0 Å². The zero-order valence-electron chi connectivity index (χ0n) is 10.2. The van der Waals surface area contributed by atoms with Crippen LogP contribution in [0.3, 0.4) is 0 Å². The van der Waals surface area contributed by atoms with Crippen LogP contribution in [0.2, 0.25) is 5.02 Å². The van der Waals surface area contributed by atoms with E-state index < -0.39 is 0 Å². The van der Waals surface area contributed by atoms with E-state index in [1.54, 1.807) is 6.07 Å². The predicted molar refractivity (Wildman–Crippen MR) is 80.3 cm³/mol. The van der Waals surface area contributed by atoms with Crippen LogP contribution in [0.25, 0.3) is 10.2 Å². The molecule has 2 aromatic carbocycles.